The van der Waals surface area contributed by atoms with Gasteiger partial charge in [0.2, 0.25) is 0 Å². The van der Waals surface area contributed by atoms with Crippen molar-refractivity contribution in [3.63, 3.8) is 0 Å². The van der Waals surface area contributed by atoms with E-state index in [1.165, 1.54) is 154 Å². The van der Waals surface area contributed by atoms with Gasteiger partial charge in [-0.1, -0.05) is 296 Å². The van der Waals surface area contributed by atoms with E-state index >= 15 is 0 Å². The molecule has 0 aromatic rings. The number of quaternary nitrogens is 1. The highest BCUT2D eigenvalue weighted by molar-refractivity contribution is 5.70. The number of nitrogens with zero attached hydrogens (tertiary/aromatic N) is 1. The summed E-state index contributed by atoms with van der Waals surface area (Å²) in [5.74, 6) is -2.29. The minimum absolute atomic E-state index is 0.143. The van der Waals surface area contributed by atoms with Crippen molar-refractivity contribution < 1.29 is 42.9 Å². The number of esters is 2. The summed E-state index contributed by atoms with van der Waals surface area (Å²) in [6.07, 6.45) is 92.8. The average molecular weight is 1210 g/mol. The van der Waals surface area contributed by atoms with Crippen LogP contribution in [0.25, 0.3) is 0 Å². The van der Waals surface area contributed by atoms with E-state index in [2.05, 4.69) is 135 Å². The first-order valence-corrected chi connectivity index (χ1v) is 35.7. The summed E-state index contributed by atoms with van der Waals surface area (Å²) in [6.45, 7) is 4.63. The summed E-state index contributed by atoms with van der Waals surface area (Å²) in [5.41, 5.74) is 0. The number of aliphatic carboxylic acids is 1. The van der Waals surface area contributed by atoms with Crippen LogP contribution in [0.15, 0.2) is 122 Å². The van der Waals surface area contributed by atoms with Crippen molar-refractivity contribution in [1.82, 2.24) is 0 Å². The number of allylic oxidation sites excluding steroid dienone is 20. The molecule has 0 aliphatic heterocycles. The van der Waals surface area contributed by atoms with E-state index in [9.17, 15) is 19.5 Å². The van der Waals surface area contributed by atoms with Crippen LogP contribution >= 0.6 is 0 Å². The monoisotopic (exact) mass is 1210 g/mol. The molecule has 0 fully saturated rings. The Morgan fingerprint density at radius 3 is 0.977 bits per heavy atom. The zero-order valence-corrected chi connectivity index (χ0v) is 56.9. The Labute approximate surface area is 536 Å². The first-order valence-electron chi connectivity index (χ1n) is 35.7. The first-order chi connectivity index (χ1) is 42.6. The lowest BCUT2D eigenvalue weighted by molar-refractivity contribution is -0.870. The highest BCUT2D eigenvalue weighted by Gasteiger charge is 2.22. The van der Waals surface area contributed by atoms with Crippen molar-refractivity contribution in [2.75, 3.05) is 47.5 Å². The van der Waals surface area contributed by atoms with Crippen LogP contribution < -0.4 is 5.11 Å². The Bertz CT molecular complexity index is 1840. The highest BCUT2D eigenvalue weighted by atomic mass is 16.7. The largest absolute Gasteiger partial charge is 0.545 e. The van der Waals surface area contributed by atoms with Crippen LogP contribution in [0.2, 0.25) is 0 Å². The fourth-order valence-corrected chi connectivity index (χ4v) is 9.76. The quantitative estimate of drug-likeness (QED) is 0.0195. The molecule has 0 aromatic carbocycles. The molecule has 9 nitrogen and oxygen atoms in total. The van der Waals surface area contributed by atoms with Crippen molar-refractivity contribution in [1.29, 1.82) is 0 Å². The summed E-state index contributed by atoms with van der Waals surface area (Å²) in [6, 6.07) is 0. The molecule has 2 unspecified atom stereocenters. The molecule has 0 spiro atoms. The number of hydrogen-bond donors (Lipinski definition) is 0. The number of ether oxygens (including phenoxy) is 4. The topological polar surface area (TPSA) is 111 Å². The summed E-state index contributed by atoms with van der Waals surface area (Å²) in [7, 11) is 5.93. The van der Waals surface area contributed by atoms with E-state index < -0.39 is 24.3 Å². The minimum atomic E-state index is -1.63. The van der Waals surface area contributed by atoms with Gasteiger partial charge < -0.3 is 33.3 Å². The number of carboxylic acid groups (broad SMARTS) is 1. The van der Waals surface area contributed by atoms with Gasteiger partial charge in [0.1, 0.15) is 13.2 Å². The Kier molecular flexibility index (Phi) is 64.3. The smallest absolute Gasteiger partial charge is 0.306 e. The predicted octanol–water partition coefficient (Wildman–Crippen LogP) is 21.0. The summed E-state index contributed by atoms with van der Waals surface area (Å²) >= 11 is 0. The molecule has 0 rings (SSSR count). The third kappa shape index (κ3) is 69.0. The molecule has 0 heterocycles. The molecule has 0 radical (unpaired) electrons. The van der Waals surface area contributed by atoms with Gasteiger partial charge in [-0.05, 0) is 109 Å². The maximum atomic E-state index is 12.9. The minimum Gasteiger partial charge on any atom is -0.545 e. The summed E-state index contributed by atoms with van der Waals surface area (Å²) in [4.78, 5) is 37.5. The first kappa shape index (κ1) is 82.7. The predicted molar refractivity (Wildman–Crippen MR) is 370 cm³/mol. The maximum Gasteiger partial charge on any atom is 0.306 e. The van der Waals surface area contributed by atoms with Crippen LogP contribution in [-0.2, 0) is 33.3 Å². The number of likely N-dealkylation sites (N-methyl/N-ethyl adjacent to an activating group) is 1. The molecule has 2 atom stereocenters. The molecule has 0 saturated carbocycles. The van der Waals surface area contributed by atoms with Gasteiger partial charge >= 0.3 is 11.9 Å². The number of hydrogen-bond acceptors (Lipinski definition) is 8. The van der Waals surface area contributed by atoms with Gasteiger partial charge in [-0.25, -0.2) is 0 Å². The molecule has 0 amide bonds. The normalized spacial score (nSPS) is 13.4. The summed E-state index contributed by atoms with van der Waals surface area (Å²) in [5, 5.41) is 11.8. The lowest BCUT2D eigenvalue weighted by atomic mass is 10.0. The zero-order valence-electron chi connectivity index (χ0n) is 56.9. The van der Waals surface area contributed by atoms with Gasteiger partial charge in [-0.2, -0.15) is 0 Å². The van der Waals surface area contributed by atoms with Crippen molar-refractivity contribution in [3.8, 4) is 0 Å². The SMILES string of the molecule is CC/C=C\C/C=C\C/C=C\C/C=C\C/C=C\C/C=C\C/C=C\CCCCCCCCCCCCCCCCCCCC(=O)OC(COC(=O)CCCCCCCCCC/C=C\C/C=C\C/C=C\CCCCCCC)COC(OCC[N+](C)(C)C)C(=O)[O-]. The molecule has 87 heavy (non-hydrogen) atoms. The third-order valence-electron chi connectivity index (χ3n) is 15.2. The van der Waals surface area contributed by atoms with Crippen LogP contribution in [0.4, 0.5) is 0 Å². The van der Waals surface area contributed by atoms with E-state index in [0.717, 1.165) is 109 Å². The Hall–Kier alpha value is -4.31. The second-order valence-corrected chi connectivity index (χ2v) is 24.8. The van der Waals surface area contributed by atoms with E-state index in [1.807, 2.05) is 21.1 Å². The van der Waals surface area contributed by atoms with Gasteiger partial charge in [-0.3, -0.25) is 9.59 Å². The molecule has 0 saturated heterocycles. The van der Waals surface area contributed by atoms with Crippen molar-refractivity contribution in [2.45, 2.75) is 309 Å². The second-order valence-electron chi connectivity index (χ2n) is 24.8. The van der Waals surface area contributed by atoms with Crippen molar-refractivity contribution >= 4 is 17.9 Å². The van der Waals surface area contributed by atoms with Gasteiger partial charge in [0.25, 0.3) is 0 Å². The van der Waals surface area contributed by atoms with E-state index in [4.69, 9.17) is 18.9 Å². The fourth-order valence-electron chi connectivity index (χ4n) is 9.76. The highest BCUT2D eigenvalue weighted by Crippen LogP contribution is 2.17. The molecular weight excluding hydrogens is 1080 g/mol. The lowest BCUT2D eigenvalue weighted by Gasteiger charge is -2.26. The van der Waals surface area contributed by atoms with Gasteiger partial charge in [0.05, 0.1) is 40.3 Å². The van der Waals surface area contributed by atoms with Gasteiger partial charge in [-0.15, -0.1) is 0 Å². The number of rotatable bonds is 65. The van der Waals surface area contributed by atoms with Crippen LogP contribution in [0.5, 0.6) is 0 Å². The molecule has 0 bridgehead atoms. The molecule has 498 valence electrons. The van der Waals surface area contributed by atoms with Crippen LogP contribution in [0.3, 0.4) is 0 Å². The molecule has 0 aliphatic carbocycles. The number of unbranched alkanes of at least 4 members (excludes halogenated alkanes) is 30. The average Bonchev–Trinajstić information content (AvgIpc) is 3.55. The molecule has 0 aliphatic rings. The molecule has 0 aromatic heterocycles. The van der Waals surface area contributed by atoms with Crippen LogP contribution in [0, 0.1) is 0 Å². The lowest BCUT2D eigenvalue weighted by Crippen LogP contribution is -2.44. The molecule has 0 N–H and O–H groups in total. The standard InChI is InChI=1S/C78H133NO8/c1-6-8-10-12-14-16-18-20-22-24-26-28-30-31-32-33-34-35-36-37-38-39-40-41-42-43-44-45-47-49-51-53-55-57-59-61-63-65-67-69-76(81)87-74(73-86-78(77(82)83)84-71-70-79(3,4)5)72-85-75(80)68-66-64-62-60-58-56-54-52-50-48-46-29-27-25-23-21-19-17-15-13-11-9-7-2/h8,10,14,16,19-22,25-28,31-32,34-35,37-38,46,48,74,78H,6-7,9,11-13,15,17-18,23-24,29-30,33,36,39-45,47,49-73H2,1-5H3/b10-8-,16-14-,21-19-,22-20-,27-25-,28-26-,32-31-,35-34-,38-37-,48-46-. The van der Waals surface area contributed by atoms with E-state index in [-0.39, 0.29) is 38.6 Å². The second kappa shape index (κ2) is 67.6. The number of carboxylic acids is 1. The molecule has 9 heteroatoms. The van der Waals surface area contributed by atoms with E-state index in [0.29, 0.717) is 17.4 Å². The van der Waals surface area contributed by atoms with E-state index in [1.54, 1.807) is 0 Å². The third-order valence-corrected chi connectivity index (χ3v) is 15.2. The van der Waals surface area contributed by atoms with Crippen LogP contribution in [-0.4, -0.2) is 82.3 Å². The van der Waals surface area contributed by atoms with Crippen molar-refractivity contribution in [2.24, 2.45) is 0 Å². The number of carbonyl (C=O) groups excluding carboxylic acids is 3. The number of carbonyl (C=O) groups is 3. The zero-order chi connectivity index (χ0) is 63.3. The fraction of sp³-hybridized carbons (Fsp3) is 0.705. The Morgan fingerprint density at radius 2 is 0.655 bits per heavy atom. The van der Waals surface area contributed by atoms with Crippen molar-refractivity contribution in [3.05, 3.63) is 122 Å². The van der Waals surface area contributed by atoms with Gasteiger partial charge in [0, 0.05) is 12.8 Å². The Morgan fingerprint density at radius 1 is 0.356 bits per heavy atom. The molecular formula is C78H133NO8. The maximum absolute atomic E-state index is 12.9. The van der Waals surface area contributed by atoms with Gasteiger partial charge in [0.15, 0.2) is 12.4 Å². The van der Waals surface area contributed by atoms with Crippen LogP contribution in [0.1, 0.15) is 296 Å². The summed E-state index contributed by atoms with van der Waals surface area (Å²) < 4.78 is 22.8. The Balaban J connectivity index is 4.09.